The van der Waals surface area contributed by atoms with Crippen LogP contribution in [0, 0.1) is 0 Å². The van der Waals surface area contributed by atoms with Crippen LogP contribution < -0.4 is 0 Å². The Morgan fingerprint density at radius 2 is 1.30 bits per heavy atom. The van der Waals surface area contributed by atoms with Gasteiger partial charge in [0.1, 0.15) is 0 Å². The number of halogens is 2. The van der Waals surface area contributed by atoms with E-state index in [1.54, 1.807) is 0 Å². The van der Waals surface area contributed by atoms with Gasteiger partial charge in [0.15, 0.2) is 0 Å². The van der Waals surface area contributed by atoms with Crippen LogP contribution in [0.3, 0.4) is 0 Å². The van der Waals surface area contributed by atoms with Gasteiger partial charge >= 0.3 is 0 Å². The summed E-state index contributed by atoms with van der Waals surface area (Å²) in [6.07, 6.45) is -0.629. The fourth-order valence-corrected chi connectivity index (χ4v) is 2.24. The number of aliphatic hydroxyl groups excluding tert-OH is 3. The highest BCUT2D eigenvalue weighted by Crippen LogP contribution is 2.15. The molecule has 3 N–H and O–H groups in total. The average Bonchev–Trinajstić information content (AvgIpc) is 2.00. The normalized spacial score (nSPS) is 20.1. The van der Waals surface area contributed by atoms with E-state index in [-0.39, 0.29) is 21.1 Å². The Hall–Kier alpha value is 1.34. The minimum absolute atomic E-state index is 0.0543. The lowest BCUT2D eigenvalue weighted by Gasteiger charge is -2.18. The second-order valence-corrected chi connectivity index (χ2v) is 5.09. The maximum Gasteiger partial charge on any atom is 0.0819 e. The Morgan fingerprint density at radius 3 is 1.50 bits per heavy atom. The minimum atomic E-state index is -0.629. The molecule has 0 spiro atoms. The van der Waals surface area contributed by atoms with Crippen LogP contribution in [0.25, 0.3) is 0 Å². The summed E-state index contributed by atoms with van der Waals surface area (Å²) in [6, 6.07) is 0. The Bertz CT molecular complexity index is 81.0. The molecular weight excluding hydrogens is 362 g/mol. The molecule has 0 heterocycles. The molecule has 0 rings (SSSR count). The number of alkyl halides is 2. The van der Waals surface area contributed by atoms with E-state index in [1.807, 2.05) is 45.2 Å². The van der Waals surface area contributed by atoms with Crippen LogP contribution in [0.2, 0.25) is 0 Å². The van der Waals surface area contributed by atoms with Gasteiger partial charge in [-0.15, -0.1) is 0 Å². The summed E-state index contributed by atoms with van der Waals surface area (Å²) in [4.78, 5) is 0. The monoisotopic (exact) mass is 372 g/mol. The van der Waals surface area contributed by atoms with Gasteiger partial charge in [-0.3, -0.25) is 0 Å². The second-order valence-electron chi connectivity index (χ2n) is 1.89. The van der Waals surface area contributed by atoms with Gasteiger partial charge in [0.2, 0.25) is 0 Å². The van der Waals surface area contributed by atoms with Gasteiger partial charge in [0, 0.05) is 0 Å². The predicted molar refractivity (Wildman–Crippen MR) is 55.8 cm³/mol. The minimum Gasteiger partial charge on any atom is -0.395 e. The van der Waals surface area contributed by atoms with E-state index >= 15 is 0 Å². The number of hydrogen-bond donors (Lipinski definition) is 3. The lowest BCUT2D eigenvalue weighted by Crippen LogP contribution is -2.34. The molecule has 0 amide bonds. The molecule has 0 aromatic carbocycles. The van der Waals surface area contributed by atoms with Crippen molar-refractivity contribution < 1.29 is 15.3 Å². The summed E-state index contributed by atoms with van der Waals surface area (Å²) in [5.74, 6) is 0. The van der Waals surface area contributed by atoms with Crippen LogP contribution in [0.1, 0.15) is 0 Å². The summed E-state index contributed by atoms with van der Waals surface area (Å²) in [6.45, 7) is -0.109. The zero-order valence-electron chi connectivity index (χ0n) is 5.24. The van der Waals surface area contributed by atoms with Gasteiger partial charge in [-0.2, -0.15) is 0 Å². The molecule has 0 radical (unpaired) electrons. The first-order valence-electron chi connectivity index (χ1n) is 2.81. The topological polar surface area (TPSA) is 60.7 Å². The zero-order chi connectivity index (χ0) is 8.15. The third-order valence-corrected chi connectivity index (χ3v) is 3.35. The van der Waals surface area contributed by atoms with E-state index in [4.69, 9.17) is 10.2 Å². The van der Waals surface area contributed by atoms with Gasteiger partial charge < -0.3 is 15.3 Å². The van der Waals surface area contributed by atoms with Crippen molar-refractivity contribution in [3.05, 3.63) is 0 Å². The number of aliphatic hydroxyl groups is 3. The van der Waals surface area contributed by atoms with Crippen LogP contribution in [0.4, 0.5) is 0 Å². The molecule has 3 nitrogen and oxygen atoms in total. The smallest absolute Gasteiger partial charge is 0.0819 e. The molecular formula is C5H10I2O3. The van der Waals surface area contributed by atoms with Crippen LogP contribution in [0.5, 0.6) is 0 Å². The number of rotatable bonds is 4. The highest BCUT2D eigenvalue weighted by molar-refractivity contribution is 14.1. The van der Waals surface area contributed by atoms with Crippen molar-refractivity contribution in [2.75, 3.05) is 13.2 Å². The van der Waals surface area contributed by atoms with Crippen LogP contribution in [-0.4, -0.2) is 42.5 Å². The largest absolute Gasteiger partial charge is 0.395 e. The van der Waals surface area contributed by atoms with E-state index in [9.17, 15) is 5.11 Å². The lowest BCUT2D eigenvalue weighted by molar-refractivity contribution is 0.126. The molecule has 0 aromatic rings. The summed E-state index contributed by atoms with van der Waals surface area (Å²) in [5, 5.41) is 26.4. The third kappa shape index (κ3) is 3.65. The third-order valence-electron chi connectivity index (χ3n) is 1.09. The second kappa shape index (κ2) is 5.92. The molecule has 10 heavy (non-hydrogen) atoms. The summed E-state index contributed by atoms with van der Waals surface area (Å²) < 4.78 is -0.377. The Kier molecular flexibility index (Phi) is 6.72. The molecule has 3 atom stereocenters. The molecule has 0 aliphatic heterocycles. The summed E-state index contributed by atoms with van der Waals surface area (Å²) >= 11 is 3.91. The Morgan fingerprint density at radius 1 is 1.00 bits per heavy atom. The van der Waals surface area contributed by atoms with Gasteiger partial charge in [-0.25, -0.2) is 0 Å². The average molecular weight is 372 g/mol. The highest BCUT2D eigenvalue weighted by Gasteiger charge is 2.22. The summed E-state index contributed by atoms with van der Waals surface area (Å²) in [7, 11) is 0. The first-order chi connectivity index (χ1) is 4.63. The van der Waals surface area contributed by atoms with Gasteiger partial charge in [-0.05, 0) is 0 Å². The van der Waals surface area contributed by atoms with Gasteiger partial charge in [-0.1, -0.05) is 45.2 Å². The molecule has 1 unspecified atom stereocenters. The fourth-order valence-electron chi connectivity index (χ4n) is 0.443. The van der Waals surface area contributed by atoms with Gasteiger partial charge in [0.25, 0.3) is 0 Å². The molecule has 0 saturated carbocycles. The van der Waals surface area contributed by atoms with E-state index in [0.29, 0.717) is 0 Å². The standard InChI is InChI=1S/C5H10I2O3/c6-3(1-8)5(10)4(7)2-9/h3-5,8-10H,1-2H2/t3-,4+,5?. The van der Waals surface area contributed by atoms with E-state index in [2.05, 4.69) is 0 Å². The fraction of sp³-hybridized carbons (Fsp3) is 1.00. The van der Waals surface area contributed by atoms with Crippen molar-refractivity contribution in [2.45, 2.75) is 14.0 Å². The quantitative estimate of drug-likeness (QED) is 0.479. The Balaban J connectivity index is 3.69. The van der Waals surface area contributed by atoms with Gasteiger partial charge in [0.05, 0.1) is 27.2 Å². The maximum atomic E-state index is 9.25. The summed E-state index contributed by atoms with van der Waals surface area (Å²) in [5.41, 5.74) is 0. The van der Waals surface area contributed by atoms with Crippen molar-refractivity contribution in [2.24, 2.45) is 0 Å². The predicted octanol–water partition coefficient (Wildman–Crippen LogP) is -0.0609. The number of hydrogen-bond acceptors (Lipinski definition) is 3. The molecule has 0 saturated heterocycles. The van der Waals surface area contributed by atoms with Crippen LogP contribution >= 0.6 is 45.2 Å². The van der Waals surface area contributed by atoms with Crippen molar-refractivity contribution in [1.82, 2.24) is 0 Å². The van der Waals surface area contributed by atoms with Crippen molar-refractivity contribution >= 4 is 45.2 Å². The molecule has 0 fully saturated rings. The molecule has 0 aliphatic rings. The maximum absolute atomic E-state index is 9.25. The van der Waals surface area contributed by atoms with Crippen molar-refractivity contribution in [3.63, 3.8) is 0 Å². The first-order valence-corrected chi connectivity index (χ1v) is 5.30. The van der Waals surface area contributed by atoms with Crippen molar-refractivity contribution in [1.29, 1.82) is 0 Å². The van der Waals surface area contributed by atoms with Crippen LogP contribution in [-0.2, 0) is 0 Å². The van der Waals surface area contributed by atoms with Crippen molar-refractivity contribution in [3.8, 4) is 0 Å². The Labute approximate surface area is 87.1 Å². The zero-order valence-corrected chi connectivity index (χ0v) is 9.56. The molecule has 0 bridgehead atoms. The van der Waals surface area contributed by atoms with E-state index in [0.717, 1.165) is 0 Å². The molecule has 62 valence electrons. The first kappa shape index (κ1) is 11.3. The highest BCUT2D eigenvalue weighted by atomic mass is 127. The molecule has 5 heteroatoms. The van der Waals surface area contributed by atoms with Crippen LogP contribution in [0.15, 0.2) is 0 Å². The van der Waals surface area contributed by atoms with E-state index < -0.39 is 6.10 Å². The van der Waals surface area contributed by atoms with E-state index in [1.165, 1.54) is 0 Å². The molecule has 0 aliphatic carbocycles. The molecule has 0 aromatic heterocycles. The SMILES string of the molecule is OC[C@@H](I)C(O)[C@@H](I)CO. The lowest BCUT2D eigenvalue weighted by atomic mass is 10.2.